The number of nitrogens with two attached hydrogens (primary N) is 2. The summed E-state index contributed by atoms with van der Waals surface area (Å²) in [7, 11) is -3.97. The van der Waals surface area contributed by atoms with Gasteiger partial charge in [-0.05, 0) is 18.6 Å². The summed E-state index contributed by atoms with van der Waals surface area (Å²) in [6.45, 7) is -0.00143. The number of primary amides is 1. The summed E-state index contributed by atoms with van der Waals surface area (Å²) in [5.74, 6) is -1.34. The first-order valence-corrected chi connectivity index (χ1v) is 7.51. The molecule has 9 heteroatoms. The van der Waals surface area contributed by atoms with Crippen LogP contribution in [0.3, 0.4) is 0 Å². The van der Waals surface area contributed by atoms with E-state index in [0.717, 1.165) is 6.07 Å². The van der Waals surface area contributed by atoms with Crippen molar-refractivity contribution in [3.05, 3.63) is 29.6 Å². The Labute approximate surface area is 121 Å². The highest BCUT2D eigenvalue weighted by Gasteiger charge is 2.22. The van der Waals surface area contributed by atoms with E-state index in [4.69, 9.17) is 11.5 Å². The zero-order chi connectivity index (χ0) is 15.3. The van der Waals surface area contributed by atoms with Gasteiger partial charge < -0.3 is 11.5 Å². The van der Waals surface area contributed by atoms with E-state index in [-0.39, 0.29) is 34.8 Å². The molecule has 0 aliphatic heterocycles. The number of nitrogens with one attached hydrogen (secondary N) is 1. The number of amides is 1. The minimum Gasteiger partial charge on any atom is -0.389 e. The van der Waals surface area contributed by atoms with E-state index in [0.29, 0.717) is 0 Å². The summed E-state index contributed by atoms with van der Waals surface area (Å²) >= 11 is 4.66. The van der Waals surface area contributed by atoms with Crippen LogP contribution in [0.15, 0.2) is 23.1 Å². The van der Waals surface area contributed by atoms with Crippen molar-refractivity contribution < 1.29 is 17.6 Å². The van der Waals surface area contributed by atoms with Gasteiger partial charge in [0.1, 0.15) is 10.8 Å². The van der Waals surface area contributed by atoms with E-state index in [1.807, 2.05) is 0 Å². The van der Waals surface area contributed by atoms with Gasteiger partial charge in [0.2, 0.25) is 15.9 Å². The van der Waals surface area contributed by atoms with Crippen LogP contribution in [0.5, 0.6) is 0 Å². The summed E-state index contributed by atoms with van der Waals surface area (Å²) in [4.78, 5) is 9.87. The number of carbonyl (C=O) groups is 1. The van der Waals surface area contributed by atoms with Gasteiger partial charge in [-0.2, -0.15) is 0 Å². The second-order valence-electron chi connectivity index (χ2n) is 3.94. The lowest BCUT2D eigenvalue weighted by Gasteiger charge is -2.11. The molecule has 0 heterocycles. The molecular weight excluding hydrogens is 305 g/mol. The molecule has 1 aromatic rings. The van der Waals surface area contributed by atoms with Crippen LogP contribution in [-0.2, 0) is 14.8 Å². The lowest BCUT2D eigenvalue weighted by atomic mass is 10.2. The maximum absolute atomic E-state index is 13.6. The van der Waals surface area contributed by atoms with Crippen molar-refractivity contribution in [1.82, 2.24) is 4.72 Å². The molecule has 0 aromatic heterocycles. The molecular formula is C11H14FN3O3S2. The molecule has 0 radical (unpaired) electrons. The quantitative estimate of drug-likeness (QED) is 0.483. The number of thiocarbonyl (C=S) groups is 1. The zero-order valence-electron chi connectivity index (χ0n) is 10.4. The third-order valence-corrected chi connectivity index (χ3v) is 4.11. The molecule has 0 saturated carbocycles. The maximum atomic E-state index is 13.6. The van der Waals surface area contributed by atoms with E-state index >= 15 is 0 Å². The van der Waals surface area contributed by atoms with E-state index in [1.54, 1.807) is 0 Å². The second kappa shape index (κ2) is 6.73. The normalized spacial score (nSPS) is 11.2. The molecule has 0 saturated heterocycles. The smallest absolute Gasteiger partial charge is 0.241 e. The van der Waals surface area contributed by atoms with Crippen molar-refractivity contribution >= 4 is 33.1 Å². The average Bonchev–Trinajstić information content (AvgIpc) is 2.33. The first kappa shape index (κ1) is 16.5. The molecule has 110 valence electrons. The summed E-state index contributed by atoms with van der Waals surface area (Å²) in [5, 5.41) is 0. The second-order valence-corrected chi connectivity index (χ2v) is 6.12. The van der Waals surface area contributed by atoms with E-state index in [9.17, 15) is 17.6 Å². The molecule has 0 atom stereocenters. The largest absolute Gasteiger partial charge is 0.389 e. The van der Waals surface area contributed by atoms with Crippen molar-refractivity contribution in [2.24, 2.45) is 11.5 Å². The number of benzene rings is 1. The SMILES string of the molecule is NC(=O)CCCNS(=O)(=O)c1cccc(F)c1C(N)=S. The van der Waals surface area contributed by atoms with Crippen LogP contribution in [0.2, 0.25) is 0 Å². The van der Waals surface area contributed by atoms with Crippen LogP contribution in [0, 0.1) is 5.82 Å². The first-order valence-electron chi connectivity index (χ1n) is 5.62. The molecule has 0 fully saturated rings. The highest BCUT2D eigenvalue weighted by Crippen LogP contribution is 2.18. The molecule has 1 aromatic carbocycles. The van der Waals surface area contributed by atoms with Crippen molar-refractivity contribution in [1.29, 1.82) is 0 Å². The number of halogens is 1. The van der Waals surface area contributed by atoms with Gasteiger partial charge >= 0.3 is 0 Å². The van der Waals surface area contributed by atoms with Gasteiger partial charge in [0, 0.05) is 13.0 Å². The predicted octanol–water partition coefficient (Wildman–Crippen LogP) is 0.00370. The fraction of sp³-hybridized carbons (Fsp3) is 0.273. The molecule has 1 rings (SSSR count). The van der Waals surface area contributed by atoms with E-state index in [1.165, 1.54) is 12.1 Å². The number of hydrogen-bond donors (Lipinski definition) is 3. The summed E-state index contributed by atoms with van der Waals surface area (Å²) in [5.41, 5.74) is 9.95. The molecule has 5 N–H and O–H groups in total. The first-order chi connectivity index (χ1) is 9.25. The Morgan fingerprint density at radius 2 is 2.00 bits per heavy atom. The molecule has 1 amide bonds. The van der Waals surface area contributed by atoms with Crippen molar-refractivity contribution in [3.63, 3.8) is 0 Å². The predicted molar refractivity (Wildman–Crippen MR) is 75.9 cm³/mol. The molecule has 0 aliphatic carbocycles. The van der Waals surface area contributed by atoms with Crippen LogP contribution < -0.4 is 16.2 Å². The molecule has 0 unspecified atom stereocenters. The summed E-state index contributed by atoms with van der Waals surface area (Å²) in [6.07, 6.45) is 0.292. The fourth-order valence-electron chi connectivity index (χ4n) is 1.51. The standard InChI is InChI=1S/C11H14FN3O3S2/c12-7-3-1-4-8(10(7)11(14)19)20(17,18)15-6-2-5-9(13)16/h1,3-4,15H,2,5-6H2,(H2,13,16)(H2,14,19). The minimum atomic E-state index is -3.97. The lowest BCUT2D eigenvalue weighted by molar-refractivity contribution is -0.118. The van der Waals surface area contributed by atoms with Crippen LogP contribution in [-0.4, -0.2) is 25.9 Å². The van der Waals surface area contributed by atoms with Gasteiger partial charge in [-0.15, -0.1) is 0 Å². The zero-order valence-corrected chi connectivity index (χ0v) is 12.1. The number of carbonyl (C=O) groups excluding carboxylic acids is 1. The Bertz CT molecular complexity index is 632. The maximum Gasteiger partial charge on any atom is 0.241 e. The van der Waals surface area contributed by atoms with Crippen molar-refractivity contribution in [2.45, 2.75) is 17.7 Å². The van der Waals surface area contributed by atoms with Gasteiger partial charge in [0.25, 0.3) is 0 Å². The molecule has 0 bridgehead atoms. The van der Waals surface area contributed by atoms with Crippen molar-refractivity contribution in [2.75, 3.05) is 6.54 Å². The van der Waals surface area contributed by atoms with Gasteiger partial charge in [-0.3, -0.25) is 4.79 Å². The van der Waals surface area contributed by atoms with Crippen LogP contribution in [0.1, 0.15) is 18.4 Å². The minimum absolute atomic E-state index is 0.00143. The molecule has 20 heavy (non-hydrogen) atoms. The lowest BCUT2D eigenvalue weighted by Crippen LogP contribution is -2.28. The molecule has 0 spiro atoms. The Morgan fingerprint density at radius 1 is 1.35 bits per heavy atom. The number of sulfonamides is 1. The monoisotopic (exact) mass is 319 g/mol. The Hall–Kier alpha value is -1.58. The van der Waals surface area contributed by atoms with Crippen LogP contribution in [0.25, 0.3) is 0 Å². The Balaban J connectivity index is 2.96. The summed E-state index contributed by atoms with van der Waals surface area (Å²) in [6, 6.07) is 3.52. The number of rotatable bonds is 7. The molecule has 6 nitrogen and oxygen atoms in total. The fourth-order valence-corrected chi connectivity index (χ4v) is 3.09. The highest BCUT2D eigenvalue weighted by molar-refractivity contribution is 7.89. The van der Waals surface area contributed by atoms with Gasteiger partial charge in [0.15, 0.2) is 0 Å². The van der Waals surface area contributed by atoms with Gasteiger partial charge in [-0.25, -0.2) is 17.5 Å². The Kier molecular flexibility index (Phi) is 5.54. The van der Waals surface area contributed by atoms with Gasteiger partial charge in [-0.1, -0.05) is 18.3 Å². The summed E-state index contributed by atoms with van der Waals surface area (Å²) < 4.78 is 39.9. The Morgan fingerprint density at radius 3 is 2.55 bits per heavy atom. The average molecular weight is 319 g/mol. The van der Waals surface area contributed by atoms with Crippen LogP contribution >= 0.6 is 12.2 Å². The topological polar surface area (TPSA) is 115 Å². The molecule has 0 aliphatic rings. The third-order valence-electron chi connectivity index (χ3n) is 2.40. The highest BCUT2D eigenvalue weighted by atomic mass is 32.2. The van der Waals surface area contributed by atoms with Crippen molar-refractivity contribution in [3.8, 4) is 0 Å². The number of hydrogen-bond acceptors (Lipinski definition) is 4. The van der Waals surface area contributed by atoms with Crippen LogP contribution in [0.4, 0.5) is 4.39 Å². The van der Waals surface area contributed by atoms with Gasteiger partial charge in [0.05, 0.1) is 10.5 Å². The third kappa shape index (κ3) is 4.22. The van der Waals surface area contributed by atoms with E-state index in [2.05, 4.69) is 16.9 Å². The van der Waals surface area contributed by atoms with E-state index < -0.39 is 21.7 Å².